The molecular weight excluding hydrogens is 170 g/mol. The van der Waals surface area contributed by atoms with Crippen LogP contribution in [-0.4, -0.2) is 18.2 Å². The molecular formula is C9H13NOS. The van der Waals surface area contributed by atoms with Crippen LogP contribution in [-0.2, 0) is 5.60 Å². The lowest BCUT2D eigenvalue weighted by atomic mass is 9.80. The standard InChI is InChI=1S/C9H13NOS/c1-9(11,8-4-10-5-8)7-2-3-12-6-7/h2-3,6,8,10-11H,4-5H2,1H3. The first kappa shape index (κ1) is 8.23. The van der Waals surface area contributed by atoms with Gasteiger partial charge >= 0.3 is 0 Å². The Labute approximate surface area is 76.2 Å². The minimum atomic E-state index is -0.634. The molecule has 2 nitrogen and oxygen atoms in total. The highest BCUT2D eigenvalue weighted by atomic mass is 32.1. The lowest BCUT2D eigenvalue weighted by Gasteiger charge is -2.39. The molecule has 1 unspecified atom stereocenters. The van der Waals surface area contributed by atoms with Crippen LogP contribution < -0.4 is 5.32 Å². The van der Waals surface area contributed by atoms with Gasteiger partial charge in [0.05, 0.1) is 5.60 Å². The maximum atomic E-state index is 10.2. The summed E-state index contributed by atoms with van der Waals surface area (Å²) in [4.78, 5) is 0. The van der Waals surface area contributed by atoms with Gasteiger partial charge in [-0.1, -0.05) is 0 Å². The van der Waals surface area contributed by atoms with E-state index in [1.165, 1.54) is 0 Å². The molecule has 0 aromatic carbocycles. The van der Waals surface area contributed by atoms with E-state index in [9.17, 15) is 5.11 Å². The Hall–Kier alpha value is -0.380. The van der Waals surface area contributed by atoms with Crippen molar-refractivity contribution in [2.24, 2.45) is 5.92 Å². The Morgan fingerprint density at radius 3 is 2.83 bits per heavy atom. The lowest BCUT2D eigenvalue weighted by molar-refractivity contribution is -0.0276. The predicted octanol–water partition coefficient (Wildman–Crippen LogP) is 1.18. The third-order valence-corrected chi connectivity index (χ3v) is 3.37. The van der Waals surface area contributed by atoms with Crippen molar-refractivity contribution in [3.8, 4) is 0 Å². The van der Waals surface area contributed by atoms with Crippen LogP contribution in [0.2, 0.25) is 0 Å². The summed E-state index contributed by atoms with van der Waals surface area (Å²) in [6.45, 7) is 3.77. The zero-order valence-corrected chi connectivity index (χ0v) is 7.90. The number of aliphatic hydroxyl groups is 1. The summed E-state index contributed by atoms with van der Waals surface area (Å²) in [5.41, 5.74) is 0.421. The summed E-state index contributed by atoms with van der Waals surface area (Å²) in [6.07, 6.45) is 0. The molecule has 0 spiro atoms. The first-order valence-electron chi connectivity index (χ1n) is 4.17. The Balaban J connectivity index is 2.19. The van der Waals surface area contributed by atoms with Gasteiger partial charge in [0.25, 0.3) is 0 Å². The highest BCUT2D eigenvalue weighted by Crippen LogP contribution is 2.32. The molecule has 0 amide bonds. The molecule has 1 saturated heterocycles. The summed E-state index contributed by atoms with van der Waals surface area (Å²) in [5.74, 6) is 0.382. The van der Waals surface area contributed by atoms with E-state index < -0.39 is 5.60 Å². The second-order valence-electron chi connectivity index (χ2n) is 3.51. The topological polar surface area (TPSA) is 32.3 Å². The molecule has 3 heteroatoms. The van der Waals surface area contributed by atoms with Crippen molar-refractivity contribution >= 4 is 11.3 Å². The molecule has 12 heavy (non-hydrogen) atoms. The van der Waals surface area contributed by atoms with Gasteiger partial charge in [-0.25, -0.2) is 0 Å². The molecule has 2 heterocycles. The lowest BCUT2D eigenvalue weighted by Crippen LogP contribution is -2.52. The van der Waals surface area contributed by atoms with E-state index in [-0.39, 0.29) is 0 Å². The van der Waals surface area contributed by atoms with Gasteiger partial charge in [0.1, 0.15) is 0 Å². The van der Waals surface area contributed by atoms with E-state index in [0.29, 0.717) is 5.92 Å². The Morgan fingerprint density at radius 2 is 2.42 bits per heavy atom. The van der Waals surface area contributed by atoms with Crippen LogP contribution in [0, 0.1) is 5.92 Å². The van der Waals surface area contributed by atoms with E-state index in [1.807, 2.05) is 23.8 Å². The number of rotatable bonds is 2. The molecule has 1 atom stereocenters. The normalized spacial score (nSPS) is 23.2. The van der Waals surface area contributed by atoms with Gasteiger partial charge in [0.15, 0.2) is 0 Å². The molecule has 0 radical (unpaired) electrons. The zero-order chi connectivity index (χ0) is 8.60. The Morgan fingerprint density at radius 1 is 1.67 bits per heavy atom. The van der Waals surface area contributed by atoms with Gasteiger partial charge < -0.3 is 10.4 Å². The van der Waals surface area contributed by atoms with Crippen LogP contribution in [0.5, 0.6) is 0 Å². The van der Waals surface area contributed by atoms with Crippen LogP contribution in [0.1, 0.15) is 12.5 Å². The number of thiophene rings is 1. The van der Waals surface area contributed by atoms with Crippen molar-refractivity contribution < 1.29 is 5.11 Å². The third-order valence-electron chi connectivity index (χ3n) is 2.68. The summed E-state index contributed by atoms with van der Waals surface area (Å²) >= 11 is 1.64. The summed E-state index contributed by atoms with van der Waals surface area (Å²) in [6, 6.07) is 2.00. The largest absolute Gasteiger partial charge is 0.385 e. The molecule has 0 bridgehead atoms. The average Bonchev–Trinajstić information content (AvgIpc) is 2.30. The van der Waals surface area contributed by atoms with Gasteiger partial charge in [-0.2, -0.15) is 11.3 Å². The number of hydrogen-bond acceptors (Lipinski definition) is 3. The quantitative estimate of drug-likeness (QED) is 0.721. The first-order valence-corrected chi connectivity index (χ1v) is 5.11. The first-order chi connectivity index (χ1) is 5.71. The Bertz CT molecular complexity index is 252. The smallest absolute Gasteiger partial charge is 0.0928 e. The second-order valence-corrected chi connectivity index (χ2v) is 4.29. The van der Waals surface area contributed by atoms with Gasteiger partial charge in [0, 0.05) is 19.0 Å². The summed E-state index contributed by atoms with van der Waals surface area (Å²) in [5, 5.41) is 17.4. The molecule has 2 rings (SSSR count). The molecule has 1 fully saturated rings. The van der Waals surface area contributed by atoms with Crippen molar-refractivity contribution in [2.45, 2.75) is 12.5 Å². The number of nitrogens with one attached hydrogen (secondary N) is 1. The van der Waals surface area contributed by atoms with Gasteiger partial charge in [-0.15, -0.1) is 0 Å². The maximum Gasteiger partial charge on any atom is 0.0928 e. The maximum absolute atomic E-state index is 10.2. The molecule has 0 aliphatic carbocycles. The third kappa shape index (κ3) is 1.18. The highest BCUT2D eigenvalue weighted by molar-refractivity contribution is 7.08. The molecule has 1 aliphatic rings. The van der Waals surface area contributed by atoms with E-state index in [4.69, 9.17) is 0 Å². The zero-order valence-electron chi connectivity index (χ0n) is 7.08. The molecule has 1 aliphatic heterocycles. The monoisotopic (exact) mass is 183 g/mol. The fourth-order valence-corrected chi connectivity index (χ4v) is 2.24. The van der Waals surface area contributed by atoms with Crippen molar-refractivity contribution in [3.63, 3.8) is 0 Å². The fraction of sp³-hybridized carbons (Fsp3) is 0.556. The van der Waals surface area contributed by atoms with Crippen molar-refractivity contribution in [2.75, 3.05) is 13.1 Å². The minimum Gasteiger partial charge on any atom is -0.385 e. The molecule has 66 valence electrons. The van der Waals surface area contributed by atoms with Crippen LogP contribution in [0.4, 0.5) is 0 Å². The van der Waals surface area contributed by atoms with Crippen molar-refractivity contribution in [1.29, 1.82) is 0 Å². The van der Waals surface area contributed by atoms with Crippen LogP contribution in [0.3, 0.4) is 0 Å². The second kappa shape index (κ2) is 2.83. The van der Waals surface area contributed by atoms with E-state index in [0.717, 1.165) is 18.7 Å². The minimum absolute atomic E-state index is 0.382. The van der Waals surface area contributed by atoms with Gasteiger partial charge in [0.2, 0.25) is 0 Å². The molecule has 0 saturated carbocycles. The van der Waals surface area contributed by atoms with Crippen LogP contribution in [0.25, 0.3) is 0 Å². The van der Waals surface area contributed by atoms with Crippen molar-refractivity contribution in [1.82, 2.24) is 5.32 Å². The van der Waals surface area contributed by atoms with E-state index >= 15 is 0 Å². The predicted molar refractivity (Wildman–Crippen MR) is 50.2 cm³/mol. The van der Waals surface area contributed by atoms with Crippen molar-refractivity contribution in [3.05, 3.63) is 22.4 Å². The fourth-order valence-electron chi connectivity index (χ4n) is 1.47. The summed E-state index contributed by atoms with van der Waals surface area (Å²) < 4.78 is 0. The van der Waals surface area contributed by atoms with Crippen LogP contribution in [0.15, 0.2) is 16.8 Å². The number of hydrogen-bond donors (Lipinski definition) is 2. The molecule has 1 aromatic rings. The van der Waals surface area contributed by atoms with E-state index in [1.54, 1.807) is 11.3 Å². The highest BCUT2D eigenvalue weighted by Gasteiger charge is 2.37. The van der Waals surface area contributed by atoms with Gasteiger partial charge in [-0.3, -0.25) is 0 Å². The molecule has 1 aromatic heterocycles. The van der Waals surface area contributed by atoms with Gasteiger partial charge in [-0.05, 0) is 29.3 Å². The SMILES string of the molecule is CC(O)(c1ccsc1)C1CNC1. The Kier molecular flexibility index (Phi) is 1.94. The summed E-state index contributed by atoms with van der Waals surface area (Å²) in [7, 11) is 0. The molecule has 2 N–H and O–H groups in total. The van der Waals surface area contributed by atoms with Crippen LogP contribution >= 0.6 is 11.3 Å². The van der Waals surface area contributed by atoms with E-state index in [2.05, 4.69) is 5.32 Å². The average molecular weight is 183 g/mol.